The van der Waals surface area contributed by atoms with Crippen LogP contribution in [0.2, 0.25) is 0 Å². The Bertz CT molecular complexity index is 877. The van der Waals surface area contributed by atoms with Gasteiger partial charge in [-0.05, 0) is 24.8 Å². The molecule has 0 aliphatic heterocycles. The third-order valence-corrected chi connectivity index (χ3v) is 5.01. The Morgan fingerprint density at radius 3 is 2.22 bits per heavy atom. The Labute approximate surface area is 194 Å². The fraction of sp³-hybridized carbons (Fsp3) is 0.391. The summed E-state index contributed by atoms with van der Waals surface area (Å²) in [4.78, 5) is 35.7. The van der Waals surface area contributed by atoms with E-state index in [0.717, 1.165) is 5.56 Å². The fourth-order valence-corrected chi connectivity index (χ4v) is 3.00. The van der Waals surface area contributed by atoms with Crippen LogP contribution < -0.4 is 27.6 Å². The van der Waals surface area contributed by atoms with E-state index in [2.05, 4.69) is 10.6 Å². The number of rotatable bonds is 10. The molecule has 9 heteroatoms. The van der Waals surface area contributed by atoms with Gasteiger partial charge < -0.3 is 32.9 Å². The normalized spacial score (nSPS) is 13.1. The highest BCUT2D eigenvalue weighted by Gasteiger charge is 2.26. The van der Waals surface area contributed by atoms with Crippen LogP contribution >= 0.6 is 0 Å². The molecule has 174 valence electrons. The van der Waals surface area contributed by atoms with Crippen molar-refractivity contribution < 1.29 is 41.2 Å². The molecule has 32 heavy (non-hydrogen) atoms. The smallest absolute Gasteiger partial charge is 0.412 e. The van der Waals surface area contributed by atoms with Crippen molar-refractivity contribution in [2.75, 3.05) is 0 Å². The molecule has 0 fully saturated rings. The number of ether oxygens (including phenoxy) is 1. The van der Waals surface area contributed by atoms with Gasteiger partial charge in [0.1, 0.15) is 6.04 Å². The number of amides is 2. The van der Waals surface area contributed by atoms with Crippen molar-refractivity contribution in [3.8, 4) is 0 Å². The van der Waals surface area contributed by atoms with Gasteiger partial charge in [0.05, 0.1) is 5.56 Å². The van der Waals surface area contributed by atoms with Crippen LogP contribution in [0.5, 0.6) is 0 Å². The Kier molecular flexibility index (Phi) is 11.2. The minimum absolute atomic E-state index is 0. The molecule has 0 spiro atoms. The molecule has 8 nitrogen and oxygen atoms in total. The quantitative estimate of drug-likeness (QED) is 0.412. The number of carboxylic acid groups (broad SMARTS) is 1. The highest BCUT2D eigenvalue weighted by atomic mass is 35.5. The van der Waals surface area contributed by atoms with E-state index in [-0.39, 0.29) is 31.1 Å². The number of carbonyl (C=O) groups is 3. The van der Waals surface area contributed by atoms with Crippen LogP contribution in [0, 0.1) is 5.92 Å². The molecule has 0 unspecified atom stereocenters. The number of benzene rings is 1. The number of nitrogens with zero attached hydrogens (tertiary/aromatic N) is 1. The number of pyridine rings is 1. The summed E-state index contributed by atoms with van der Waals surface area (Å²) in [6.07, 6.45) is 3.98. The van der Waals surface area contributed by atoms with Crippen molar-refractivity contribution in [3.05, 3.63) is 66.0 Å². The van der Waals surface area contributed by atoms with Gasteiger partial charge in [0.2, 0.25) is 0 Å². The van der Waals surface area contributed by atoms with Crippen molar-refractivity contribution in [2.24, 2.45) is 5.92 Å². The number of alkyl carbamates (subject to hydrolysis) is 1. The van der Waals surface area contributed by atoms with Gasteiger partial charge in [-0.3, -0.25) is 4.79 Å². The standard InChI is InChI=1S/C23H29N3O5.ClH/c1-4-16(2)20(22(28)29)25-21(27)19-10-12-26(13-11-19)15-31-23(30)24-17(3)14-18-8-6-5-7-9-18;/h5-13,16-17,20H,4,14-15H2,1-3H3,(H2-,24,25,27,28,29,30);1H/t16-,17-,20-;/m0./s1. The van der Waals surface area contributed by atoms with Gasteiger partial charge >= 0.3 is 12.1 Å². The lowest BCUT2D eigenvalue weighted by Gasteiger charge is -2.19. The van der Waals surface area contributed by atoms with Crippen molar-refractivity contribution in [1.82, 2.24) is 10.6 Å². The molecule has 0 bridgehead atoms. The van der Waals surface area contributed by atoms with Gasteiger partial charge in [0, 0.05) is 18.2 Å². The molecular weight excluding hydrogens is 434 g/mol. The molecular formula is C23H30ClN3O5. The Hall–Kier alpha value is -3.13. The zero-order chi connectivity index (χ0) is 22.8. The lowest BCUT2D eigenvalue weighted by atomic mass is 9.99. The van der Waals surface area contributed by atoms with E-state index < -0.39 is 24.0 Å². The average Bonchev–Trinajstić information content (AvgIpc) is 2.76. The maximum Gasteiger partial charge on any atom is 0.412 e. The molecule has 0 aliphatic rings. The second-order valence-electron chi connectivity index (χ2n) is 7.57. The van der Waals surface area contributed by atoms with E-state index in [9.17, 15) is 19.5 Å². The number of halogens is 1. The monoisotopic (exact) mass is 463 g/mol. The lowest BCUT2D eigenvalue weighted by Crippen LogP contribution is -3.00. The molecule has 2 amide bonds. The van der Waals surface area contributed by atoms with Gasteiger partial charge in [-0.15, -0.1) is 0 Å². The second-order valence-corrected chi connectivity index (χ2v) is 7.57. The number of carboxylic acids is 1. The zero-order valence-electron chi connectivity index (χ0n) is 18.5. The minimum Gasteiger partial charge on any atom is -1.00 e. The van der Waals surface area contributed by atoms with Gasteiger partial charge in [0.25, 0.3) is 12.6 Å². The van der Waals surface area contributed by atoms with Crippen LogP contribution in [-0.2, 0) is 22.7 Å². The summed E-state index contributed by atoms with van der Waals surface area (Å²) in [6.45, 7) is 5.53. The van der Waals surface area contributed by atoms with E-state index in [4.69, 9.17) is 4.74 Å². The SMILES string of the molecule is CC[C@H](C)[C@H](NC(=O)c1cc[n+](COC(=O)N[C@@H](C)Cc2ccccc2)cc1)C(=O)O.[Cl-]. The van der Waals surface area contributed by atoms with Gasteiger partial charge in [-0.2, -0.15) is 4.57 Å². The number of carbonyl (C=O) groups excluding carboxylic acids is 2. The summed E-state index contributed by atoms with van der Waals surface area (Å²) in [5.74, 6) is -1.71. The Morgan fingerprint density at radius 1 is 1.03 bits per heavy atom. The maximum absolute atomic E-state index is 12.3. The molecule has 1 aromatic heterocycles. The molecule has 0 aliphatic carbocycles. The molecule has 0 saturated carbocycles. The van der Waals surface area contributed by atoms with Crippen LogP contribution in [0.25, 0.3) is 0 Å². The van der Waals surface area contributed by atoms with E-state index in [1.807, 2.05) is 44.2 Å². The molecule has 0 saturated heterocycles. The molecule has 1 heterocycles. The fourth-order valence-electron chi connectivity index (χ4n) is 3.00. The lowest BCUT2D eigenvalue weighted by molar-refractivity contribution is -0.727. The van der Waals surface area contributed by atoms with Crippen molar-refractivity contribution in [2.45, 2.75) is 52.4 Å². The van der Waals surface area contributed by atoms with E-state index in [0.29, 0.717) is 18.4 Å². The summed E-state index contributed by atoms with van der Waals surface area (Å²) >= 11 is 0. The number of aromatic nitrogens is 1. The van der Waals surface area contributed by atoms with Gasteiger partial charge in [-0.25, -0.2) is 9.59 Å². The summed E-state index contributed by atoms with van der Waals surface area (Å²) in [5, 5.41) is 14.6. The van der Waals surface area contributed by atoms with Crippen LogP contribution in [-0.4, -0.2) is 35.2 Å². The number of nitrogens with one attached hydrogen (secondary N) is 2. The molecule has 2 aromatic rings. The minimum atomic E-state index is -1.06. The van der Waals surface area contributed by atoms with Crippen LogP contribution in [0.4, 0.5) is 4.79 Å². The first kappa shape index (κ1) is 26.9. The topological polar surface area (TPSA) is 109 Å². The third kappa shape index (κ3) is 8.55. The van der Waals surface area contributed by atoms with Crippen molar-refractivity contribution in [1.29, 1.82) is 0 Å². The van der Waals surface area contributed by atoms with Crippen LogP contribution in [0.15, 0.2) is 54.9 Å². The number of hydrogen-bond donors (Lipinski definition) is 3. The van der Waals surface area contributed by atoms with Crippen molar-refractivity contribution in [3.63, 3.8) is 0 Å². The second kappa shape index (κ2) is 13.3. The van der Waals surface area contributed by atoms with E-state index in [1.54, 1.807) is 36.0 Å². The Morgan fingerprint density at radius 2 is 1.66 bits per heavy atom. The van der Waals surface area contributed by atoms with E-state index >= 15 is 0 Å². The first-order chi connectivity index (χ1) is 14.8. The third-order valence-electron chi connectivity index (χ3n) is 5.01. The summed E-state index contributed by atoms with van der Waals surface area (Å²) in [6, 6.07) is 11.9. The first-order valence-electron chi connectivity index (χ1n) is 10.3. The summed E-state index contributed by atoms with van der Waals surface area (Å²) in [5.41, 5.74) is 1.45. The predicted octanol–water partition coefficient (Wildman–Crippen LogP) is -0.478. The molecule has 0 radical (unpaired) electrons. The molecule has 1 aromatic carbocycles. The average molecular weight is 464 g/mol. The number of hydrogen-bond acceptors (Lipinski definition) is 4. The van der Waals surface area contributed by atoms with Gasteiger partial charge in [0.15, 0.2) is 12.4 Å². The van der Waals surface area contributed by atoms with Crippen LogP contribution in [0.1, 0.15) is 43.1 Å². The molecule has 3 atom stereocenters. The van der Waals surface area contributed by atoms with E-state index in [1.165, 1.54) is 0 Å². The maximum atomic E-state index is 12.3. The predicted molar refractivity (Wildman–Crippen MR) is 114 cm³/mol. The van der Waals surface area contributed by atoms with Crippen molar-refractivity contribution >= 4 is 18.0 Å². The van der Waals surface area contributed by atoms with Gasteiger partial charge in [-0.1, -0.05) is 50.6 Å². The summed E-state index contributed by atoms with van der Waals surface area (Å²) < 4.78 is 6.81. The molecule has 2 rings (SSSR count). The zero-order valence-corrected chi connectivity index (χ0v) is 19.2. The molecule has 3 N–H and O–H groups in total. The van der Waals surface area contributed by atoms with Crippen LogP contribution in [0.3, 0.4) is 0 Å². The number of aliphatic carboxylic acids is 1. The largest absolute Gasteiger partial charge is 1.00 e. The highest BCUT2D eigenvalue weighted by Crippen LogP contribution is 2.09. The highest BCUT2D eigenvalue weighted by molar-refractivity contribution is 5.96. The summed E-state index contributed by atoms with van der Waals surface area (Å²) in [7, 11) is 0. The Balaban J connectivity index is 0.00000512. The first-order valence-corrected chi connectivity index (χ1v) is 10.3.